The predicted molar refractivity (Wildman–Crippen MR) is 80.7 cm³/mol. The van der Waals surface area contributed by atoms with E-state index in [0.29, 0.717) is 5.75 Å². The molecular weight excluding hydrogens is 234 g/mol. The monoisotopic (exact) mass is 261 g/mol. The second-order valence-electron chi connectivity index (χ2n) is 5.92. The van der Waals surface area contributed by atoms with Crippen LogP contribution in [0.25, 0.3) is 0 Å². The molecule has 0 bridgehead atoms. The molecule has 1 aliphatic heterocycles. The Labute approximate surface area is 117 Å². The van der Waals surface area contributed by atoms with E-state index in [1.54, 1.807) is 6.07 Å². The average Bonchev–Trinajstić information content (AvgIpc) is 2.62. The molecule has 19 heavy (non-hydrogen) atoms. The van der Waals surface area contributed by atoms with E-state index in [1.165, 1.54) is 44.3 Å². The van der Waals surface area contributed by atoms with Gasteiger partial charge in [-0.3, -0.25) is 0 Å². The maximum Gasteiger partial charge on any atom is 0.115 e. The largest absolute Gasteiger partial charge is 0.508 e. The molecule has 1 fully saturated rings. The van der Waals surface area contributed by atoms with E-state index in [1.807, 2.05) is 12.1 Å². The minimum absolute atomic E-state index is 0.227. The Bertz CT molecular complexity index is 404. The smallest absolute Gasteiger partial charge is 0.115 e. The molecule has 0 aliphatic carbocycles. The highest BCUT2D eigenvalue weighted by Crippen LogP contribution is 2.37. The van der Waals surface area contributed by atoms with Crippen LogP contribution in [0.5, 0.6) is 5.75 Å². The van der Waals surface area contributed by atoms with Gasteiger partial charge in [0, 0.05) is 12.0 Å². The van der Waals surface area contributed by atoms with Crippen LogP contribution in [-0.2, 0) is 5.41 Å². The van der Waals surface area contributed by atoms with E-state index in [2.05, 4.69) is 24.8 Å². The van der Waals surface area contributed by atoms with E-state index in [9.17, 15) is 5.11 Å². The minimum Gasteiger partial charge on any atom is -0.508 e. The zero-order chi connectivity index (χ0) is 13.7. The van der Waals surface area contributed by atoms with Crippen LogP contribution < -0.4 is 0 Å². The lowest BCUT2D eigenvalue weighted by Crippen LogP contribution is -2.39. The van der Waals surface area contributed by atoms with Crippen LogP contribution in [0.4, 0.5) is 0 Å². The van der Waals surface area contributed by atoms with Crippen LogP contribution in [-0.4, -0.2) is 29.6 Å². The highest BCUT2D eigenvalue weighted by molar-refractivity contribution is 5.33. The van der Waals surface area contributed by atoms with Crippen LogP contribution in [0.15, 0.2) is 24.3 Å². The number of phenols is 1. The van der Waals surface area contributed by atoms with Crippen molar-refractivity contribution < 1.29 is 5.11 Å². The number of nitrogens with zero attached hydrogens (tertiary/aromatic N) is 1. The van der Waals surface area contributed by atoms with E-state index < -0.39 is 0 Å². The van der Waals surface area contributed by atoms with Gasteiger partial charge in [0.2, 0.25) is 0 Å². The van der Waals surface area contributed by atoms with Crippen molar-refractivity contribution in [2.24, 2.45) is 0 Å². The first-order chi connectivity index (χ1) is 9.20. The minimum atomic E-state index is 0.227. The molecule has 1 saturated heterocycles. The first kappa shape index (κ1) is 14.4. The molecule has 0 amide bonds. The Morgan fingerprint density at radius 2 is 2.11 bits per heavy atom. The third-order valence-corrected chi connectivity index (χ3v) is 4.58. The topological polar surface area (TPSA) is 23.5 Å². The second-order valence-corrected chi connectivity index (χ2v) is 5.92. The predicted octanol–water partition coefficient (Wildman–Crippen LogP) is 3.94. The van der Waals surface area contributed by atoms with Crippen LogP contribution in [0.2, 0.25) is 0 Å². The molecule has 0 unspecified atom stereocenters. The fraction of sp³-hybridized carbons (Fsp3) is 0.647. The van der Waals surface area contributed by atoms with Gasteiger partial charge in [-0.25, -0.2) is 0 Å². The lowest BCUT2D eigenvalue weighted by atomic mass is 9.74. The SMILES string of the molecule is CCCN1CCCC[C@@](CC)(c2cccc(O)c2)C1. The lowest BCUT2D eigenvalue weighted by Gasteiger charge is -2.36. The van der Waals surface area contributed by atoms with Crippen LogP contribution >= 0.6 is 0 Å². The molecule has 1 N–H and O–H groups in total. The summed E-state index contributed by atoms with van der Waals surface area (Å²) in [7, 11) is 0. The molecule has 1 aromatic carbocycles. The summed E-state index contributed by atoms with van der Waals surface area (Å²) < 4.78 is 0. The standard InChI is InChI=1S/C17H27NO/c1-3-11-18-12-6-5-10-17(4-2,14-18)15-8-7-9-16(19)13-15/h7-9,13,19H,3-6,10-12,14H2,1-2H3/t17-/m1/s1. The normalized spacial score (nSPS) is 25.2. The summed E-state index contributed by atoms with van der Waals surface area (Å²) in [4.78, 5) is 2.61. The molecule has 0 saturated carbocycles. The van der Waals surface area contributed by atoms with E-state index >= 15 is 0 Å². The van der Waals surface area contributed by atoms with Crippen LogP contribution in [0, 0.1) is 0 Å². The highest BCUT2D eigenvalue weighted by atomic mass is 16.3. The third kappa shape index (κ3) is 3.30. The number of phenolic OH excluding ortho intramolecular Hbond substituents is 1. The first-order valence-corrected chi connectivity index (χ1v) is 7.72. The van der Waals surface area contributed by atoms with Crippen molar-refractivity contribution in [2.45, 2.75) is 51.4 Å². The summed E-state index contributed by atoms with van der Waals surface area (Å²) in [5, 5.41) is 9.78. The maximum atomic E-state index is 9.78. The Kier molecular flexibility index (Phi) is 4.87. The van der Waals surface area contributed by atoms with Crippen molar-refractivity contribution >= 4 is 0 Å². The highest BCUT2D eigenvalue weighted by Gasteiger charge is 2.33. The summed E-state index contributed by atoms with van der Waals surface area (Å²) in [5.74, 6) is 0.400. The van der Waals surface area contributed by atoms with Gasteiger partial charge in [-0.15, -0.1) is 0 Å². The van der Waals surface area contributed by atoms with Gasteiger partial charge in [0.1, 0.15) is 5.75 Å². The van der Waals surface area contributed by atoms with Gasteiger partial charge in [0.05, 0.1) is 0 Å². The number of aromatic hydroxyl groups is 1. The molecule has 2 nitrogen and oxygen atoms in total. The molecule has 1 aromatic rings. The number of hydrogen-bond acceptors (Lipinski definition) is 2. The summed E-state index contributed by atoms with van der Waals surface area (Å²) in [6.07, 6.45) is 6.22. The van der Waals surface area contributed by atoms with Crippen molar-refractivity contribution in [1.82, 2.24) is 4.90 Å². The summed E-state index contributed by atoms with van der Waals surface area (Å²) >= 11 is 0. The molecular formula is C17H27NO. The van der Waals surface area contributed by atoms with E-state index in [0.717, 1.165) is 13.0 Å². The average molecular weight is 261 g/mol. The molecule has 1 aliphatic rings. The molecule has 2 rings (SSSR count). The molecule has 2 heteroatoms. The van der Waals surface area contributed by atoms with Crippen molar-refractivity contribution in [3.05, 3.63) is 29.8 Å². The number of hydrogen-bond donors (Lipinski definition) is 1. The van der Waals surface area contributed by atoms with Gasteiger partial charge < -0.3 is 10.0 Å². The Morgan fingerprint density at radius 3 is 2.79 bits per heavy atom. The van der Waals surface area contributed by atoms with Gasteiger partial charge in [0.25, 0.3) is 0 Å². The van der Waals surface area contributed by atoms with Crippen molar-refractivity contribution in [3.63, 3.8) is 0 Å². The number of likely N-dealkylation sites (tertiary alicyclic amines) is 1. The molecule has 0 aromatic heterocycles. The van der Waals surface area contributed by atoms with Crippen molar-refractivity contribution in [3.8, 4) is 5.75 Å². The Balaban J connectivity index is 2.28. The van der Waals surface area contributed by atoms with Crippen molar-refractivity contribution in [2.75, 3.05) is 19.6 Å². The summed E-state index contributed by atoms with van der Waals surface area (Å²) in [6, 6.07) is 7.92. The van der Waals surface area contributed by atoms with Crippen LogP contribution in [0.1, 0.15) is 51.5 Å². The second kappa shape index (κ2) is 6.42. The zero-order valence-electron chi connectivity index (χ0n) is 12.4. The lowest BCUT2D eigenvalue weighted by molar-refractivity contribution is 0.218. The molecule has 1 atom stereocenters. The summed E-state index contributed by atoms with van der Waals surface area (Å²) in [5.41, 5.74) is 1.54. The van der Waals surface area contributed by atoms with Gasteiger partial charge in [-0.1, -0.05) is 32.4 Å². The Hall–Kier alpha value is -1.02. The van der Waals surface area contributed by atoms with Crippen LogP contribution in [0.3, 0.4) is 0 Å². The first-order valence-electron chi connectivity index (χ1n) is 7.72. The van der Waals surface area contributed by atoms with Gasteiger partial charge >= 0.3 is 0 Å². The van der Waals surface area contributed by atoms with Gasteiger partial charge in [-0.2, -0.15) is 0 Å². The van der Waals surface area contributed by atoms with Crippen molar-refractivity contribution in [1.29, 1.82) is 0 Å². The number of rotatable bonds is 4. The fourth-order valence-corrected chi connectivity index (χ4v) is 3.46. The zero-order valence-corrected chi connectivity index (χ0v) is 12.4. The fourth-order valence-electron chi connectivity index (χ4n) is 3.46. The molecule has 1 heterocycles. The summed E-state index contributed by atoms with van der Waals surface area (Å²) in [6.45, 7) is 8.11. The maximum absolute atomic E-state index is 9.78. The molecule has 0 radical (unpaired) electrons. The van der Waals surface area contributed by atoms with E-state index in [-0.39, 0.29) is 5.41 Å². The molecule has 106 valence electrons. The van der Waals surface area contributed by atoms with E-state index in [4.69, 9.17) is 0 Å². The third-order valence-electron chi connectivity index (χ3n) is 4.58. The van der Waals surface area contributed by atoms with Gasteiger partial charge in [0.15, 0.2) is 0 Å². The molecule has 0 spiro atoms. The Morgan fingerprint density at radius 1 is 1.26 bits per heavy atom. The van der Waals surface area contributed by atoms with Gasteiger partial charge in [-0.05, 0) is 56.5 Å². The number of benzene rings is 1. The quantitative estimate of drug-likeness (QED) is 0.887.